The molecule has 27 heavy (non-hydrogen) atoms. The van der Waals surface area contributed by atoms with Gasteiger partial charge in [0.15, 0.2) is 17.3 Å². The molecule has 9 heteroatoms. The van der Waals surface area contributed by atoms with Gasteiger partial charge in [0, 0.05) is 37.8 Å². The van der Waals surface area contributed by atoms with Gasteiger partial charge in [-0.05, 0) is 18.2 Å². The van der Waals surface area contributed by atoms with E-state index in [1.165, 1.54) is 11.0 Å². The Labute approximate surface area is 153 Å². The van der Waals surface area contributed by atoms with Crippen LogP contribution in [0.2, 0.25) is 0 Å². The van der Waals surface area contributed by atoms with Gasteiger partial charge in [-0.3, -0.25) is 9.59 Å². The smallest absolute Gasteiger partial charge is 0.338 e. The van der Waals surface area contributed by atoms with Crippen LogP contribution in [0.15, 0.2) is 34.9 Å². The van der Waals surface area contributed by atoms with Crippen molar-refractivity contribution < 1.29 is 33.4 Å². The summed E-state index contributed by atoms with van der Waals surface area (Å²) >= 11 is 0. The summed E-state index contributed by atoms with van der Waals surface area (Å²) in [6.07, 6.45) is 1.04. The summed E-state index contributed by atoms with van der Waals surface area (Å²) in [6.45, 7) is 1.54. The van der Waals surface area contributed by atoms with E-state index < -0.39 is 11.9 Å². The molecule has 140 valence electrons. The number of carboxylic acid groups (broad SMARTS) is 1. The molecule has 0 radical (unpaired) electrons. The third-order valence-corrected chi connectivity index (χ3v) is 4.53. The summed E-state index contributed by atoms with van der Waals surface area (Å²) in [5.41, 5.74) is 0.422. The molecule has 0 unspecified atom stereocenters. The molecule has 0 bridgehead atoms. The minimum atomic E-state index is -1.16. The highest BCUT2D eigenvalue weighted by Gasteiger charge is 2.28. The van der Waals surface area contributed by atoms with Crippen LogP contribution in [0, 0.1) is 0 Å². The van der Waals surface area contributed by atoms with Crippen LogP contribution in [-0.2, 0) is 0 Å². The summed E-state index contributed by atoms with van der Waals surface area (Å²) in [4.78, 5) is 39.2. The lowest BCUT2D eigenvalue weighted by molar-refractivity contribution is 0.0518. The molecule has 1 aromatic carbocycles. The van der Waals surface area contributed by atoms with Crippen molar-refractivity contribution in [2.45, 2.75) is 0 Å². The average molecular weight is 372 g/mol. The second-order valence-corrected chi connectivity index (χ2v) is 6.16. The lowest BCUT2D eigenvalue weighted by Gasteiger charge is -2.34. The topological polar surface area (TPSA) is 110 Å². The van der Waals surface area contributed by atoms with Gasteiger partial charge in [0.1, 0.15) is 6.26 Å². The number of nitrogens with zero attached hydrogens (tertiary/aromatic N) is 2. The highest BCUT2D eigenvalue weighted by atomic mass is 16.7. The van der Waals surface area contributed by atoms with E-state index in [4.69, 9.17) is 19.0 Å². The Morgan fingerprint density at radius 3 is 2.19 bits per heavy atom. The van der Waals surface area contributed by atoms with E-state index in [2.05, 4.69) is 0 Å². The predicted octanol–water partition coefficient (Wildman–Crippen LogP) is 1.30. The number of rotatable bonds is 3. The van der Waals surface area contributed by atoms with Crippen LogP contribution in [0.25, 0.3) is 0 Å². The Morgan fingerprint density at radius 1 is 0.852 bits per heavy atom. The van der Waals surface area contributed by atoms with Crippen molar-refractivity contribution in [3.63, 3.8) is 0 Å². The molecule has 2 aliphatic rings. The van der Waals surface area contributed by atoms with Crippen molar-refractivity contribution in [2.75, 3.05) is 33.0 Å². The Bertz CT molecular complexity index is 912. The van der Waals surface area contributed by atoms with Crippen molar-refractivity contribution in [2.24, 2.45) is 0 Å². The number of carboxylic acids is 1. The molecule has 2 aliphatic heterocycles. The number of carbonyl (C=O) groups excluding carboxylic acids is 2. The van der Waals surface area contributed by atoms with E-state index >= 15 is 0 Å². The number of hydrogen-bond acceptors (Lipinski definition) is 6. The summed E-state index contributed by atoms with van der Waals surface area (Å²) in [6, 6.07) is 6.24. The highest BCUT2D eigenvalue weighted by Crippen LogP contribution is 2.32. The van der Waals surface area contributed by atoms with Crippen molar-refractivity contribution >= 4 is 17.8 Å². The van der Waals surface area contributed by atoms with E-state index in [1.807, 2.05) is 0 Å². The van der Waals surface area contributed by atoms with Crippen LogP contribution >= 0.6 is 0 Å². The number of benzene rings is 1. The van der Waals surface area contributed by atoms with E-state index in [0.29, 0.717) is 43.2 Å². The molecule has 1 saturated heterocycles. The van der Waals surface area contributed by atoms with Gasteiger partial charge in [-0.15, -0.1) is 0 Å². The zero-order valence-corrected chi connectivity index (χ0v) is 14.2. The van der Waals surface area contributed by atoms with Gasteiger partial charge in [0.2, 0.25) is 6.79 Å². The lowest BCUT2D eigenvalue weighted by atomic mass is 10.1. The molecular weight excluding hydrogens is 356 g/mol. The number of aromatic carboxylic acids is 1. The third kappa shape index (κ3) is 3.19. The second-order valence-electron chi connectivity index (χ2n) is 6.16. The van der Waals surface area contributed by atoms with Crippen molar-refractivity contribution in [3.05, 3.63) is 47.4 Å². The van der Waals surface area contributed by atoms with Crippen LogP contribution in [0.4, 0.5) is 0 Å². The minimum absolute atomic E-state index is 0.0250. The molecule has 0 spiro atoms. The van der Waals surface area contributed by atoms with Crippen molar-refractivity contribution in [1.29, 1.82) is 0 Å². The summed E-state index contributed by atoms with van der Waals surface area (Å²) < 4.78 is 15.6. The van der Waals surface area contributed by atoms with Gasteiger partial charge < -0.3 is 28.8 Å². The Kier molecular flexibility index (Phi) is 4.19. The molecule has 0 aliphatic carbocycles. The number of fused-ring (bicyclic) bond motifs is 1. The standard InChI is InChI=1S/C18H16N2O7/c21-16(11-1-2-13-14(7-11)27-10-26-13)19-3-5-20(6-4-19)17(22)15-8-12(9-25-15)18(23)24/h1-2,7-9H,3-6,10H2,(H,23,24). The first kappa shape index (κ1) is 17.0. The number of piperazine rings is 1. The molecule has 1 fully saturated rings. The maximum absolute atomic E-state index is 12.7. The Hall–Kier alpha value is -3.49. The third-order valence-electron chi connectivity index (χ3n) is 4.53. The fourth-order valence-corrected chi connectivity index (χ4v) is 3.04. The molecule has 0 saturated carbocycles. The van der Waals surface area contributed by atoms with E-state index in [9.17, 15) is 14.4 Å². The summed E-state index contributed by atoms with van der Waals surface area (Å²) in [7, 11) is 0. The summed E-state index contributed by atoms with van der Waals surface area (Å²) in [5.74, 6) is -0.563. The van der Waals surface area contributed by atoms with Gasteiger partial charge in [0.05, 0.1) is 5.56 Å². The van der Waals surface area contributed by atoms with Crippen LogP contribution in [0.5, 0.6) is 11.5 Å². The van der Waals surface area contributed by atoms with Crippen molar-refractivity contribution in [3.8, 4) is 11.5 Å². The number of furan rings is 1. The SMILES string of the molecule is O=C(O)c1coc(C(=O)N2CCN(C(=O)c3ccc4c(c3)OCO4)CC2)c1. The number of amides is 2. The van der Waals surface area contributed by atoms with E-state index in [0.717, 1.165) is 6.26 Å². The molecule has 1 aromatic heterocycles. The zero-order chi connectivity index (χ0) is 19.0. The van der Waals surface area contributed by atoms with Crippen LogP contribution in [0.1, 0.15) is 31.3 Å². The Morgan fingerprint density at radius 2 is 1.52 bits per heavy atom. The molecule has 4 rings (SSSR count). The molecule has 3 heterocycles. The van der Waals surface area contributed by atoms with Crippen LogP contribution in [0.3, 0.4) is 0 Å². The normalized spacial score (nSPS) is 15.7. The molecular formula is C18H16N2O7. The zero-order valence-electron chi connectivity index (χ0n) is 14.2. The van der Waals surface area contributed by atoms with Gasteiger partial charge in [-0.25, -0.2) is 4.79 Å². The summed E-state index contributed by atoms with van der Waals surface area (Å²) in [5, 5.41) is 8.91. The van der Waals surface area contributed by atoms with E-state index in [-0.39, 0.29) is 24.0 Å². The first-order chi connectivity index (χ1) is 13.0. The lowest BCUT2D eigenvalue weighted by Crippen LogP contribution is -2.50. The maximum Gasteiger partial charge on any atom is 0.338 e. The molecule has 1 N–H and O–H groups in total. The average Bonchev–Trinajstić information content (AvgIpc) is 3.36. The number of hydrogen-bond donors (Lipinski definition) is 1. The predicted molar refractivity (Wildman–Crippen MR) is 90.0 cm³/mol. The molecule has 2 amide bonds. The highest BCUT2D eigenvalue weighted by molar-refractivity contribution is 5.97. The van der Waals surface area contributed by atoms with Crippen LogP contribution < -0.4 is 9.47 Å². The van der Waals surface area contributed by atoms with Gasteiger partial charge in [0.25, 0.3) is 11.8 Å². The monoisotopic (exact) mass is 372 g/mol. The van der Waals surface area contributed by atoms with E-state index in [1.54, 1.807) is 23.1 Å². The Balaban J connectivity index is 1.38. The second kappa shape index (κ2) is 6.67. The number of ether oxygens (including phenoxy) is 2. The first-order valence-electron chi connectivity index (χ1n) is 8.33. The quantitative estimate of drug-likeness (QED) is 0.865. The van der Waals surface area contributed by atoms with Crippen molar-refractivity contribution in [1.82, 2.24) is 9.80 Å². The van der Waals surface area contributed by atoms with Gasteiger partial charge >= 0.3 is 5.97 Å². The van der Waals surface area contributed by atoms with Crippen LogP contribution in [-0.4, -0.2) is 65.7 Å². The fraction of sp³-hybridized carbons (Fsp3) is 0.278. The largest absolute Gasteiger partial charge is 0.478 e. The number of carbonyl (C=O) groups is 3. The maximum atomic E-state index is 12.7. The molecule has 2 aromatic rings. The fourth-order valence-electron chi connectivity index (χ4n) is 3.04. The first-order valence-corrected chi connectivity index (χ1v) is 8.33. The molecule has 9 nitrogen and oxygen atoms in total. The molecule has 0 atom stereocenters. The van der Waals surface area contributed by atoms with Gasteiger partial charge in [-0.2, -0.15) is 0 Å². The van der Waals surface area contributed by atoms with Gasteiger partial charge in [-0.1, -0.05) is 0 Å². The minimum Gasteiger partial charge on any atom is -0.478 e.